The fourth-order valence-electron chi connectivity index (χ4n) is 3.16. The third-order valence-electron chi connectivity index (χ3n) is 4.56. The van der Waals surface area contributed by atoms with Crippen LogP contribution in [0.5, 0.6) is 11.5 Å². The number of ether oxygens (including phenoxy) is 1. The van der Waals surface area contributed by atoms with Crippen LogP contribution < -0.4 is 4.74 Å². The molecule has 4 amide bonds. The Morgan fingerprint density at radius 3 is 1.77 bits per heavy atom. The molecular formula is C19H14N2O5. The lowest BCUT2D eigenvalue weighted by atomic mass is 10.1. The topological polar surface area (TPSA) is 84.0 Å². The molecule has 0 aromatic heterocycles. The van der Waals surface area contributed by atoms with Crippen molar-refractivity contribution in [1.29, 1.82) is 0 Å². The minimum Gasteiger partial charge on any atom is -0.457 e. The number of nitrogens with zero attached hydrogens (tertiary/aromatic N) is 2. The average Bonchev–Trinajstić information content (AvgIpc) is 3.01. The van der Waals surface area contributed by atoms with E-state index in [1.807, 2.05) is 0 Å². The van der Waals surface area contributed by atoms with Crippen molar-refractivity contribution in [2.45, 2.75) is 6.92 Å². The highest BCUT2D eigenvalue weighted by Crippen LogP contribution is 2.31. The van der Waals surface area contributed by atoms with Crippen LogP contribution >= 0.6 is 0 Å². The van der Waals surface area contributed by atoms with E-state index in [9.17, 15) is 19.2 Å². The van der Waals surface area contributed by atoms with Gasteiger partial charge in [0.05, 0.1) is 22.3 Å². The predicted octanol–water partition coefficient (Wildman–Crippen LogP) is 2.32. The van der Waals surface area contributed by atoms with E-state index in [1.165, 1.54) is 30.1 Å². The van der Waals surface area contributed by atoms with Gasteiger partial charge in [-0.25, -0.2) is 0 Å². The summed E-state index contributed by atoms with van der Waals surface area (Å²) in [6.45, 7) is 2.04. The van der Waals surface area contributed by atoms with Crippen LogP contribution in [0.15, 0.2) is 36.4 Å². The fourth-order valence-corrected chi connectivity index (χ4v) is 3.16. The highest BCUT2D eigenvalue weighted by molar-refractivity contribution is 6.22. The van der Waals surface area contributed by atoms with E-state index in [2.05, 4.69) is 0 Å². The average molecular weight is 350 g/mol. The molecule has 26 heavy (non-hydrogen) atoms. The molecule has 2 aliphatic rings. The molecule has 2 heterocycles. The molecule has 2 aliphatic heterocycles. The summed E-state index contributed by atoms with van der Waals surface area (Å²) in [6, 6.07) is 9.28. The number of hydrogen-bond acceptors (Lipinski definition) is 5. The second kappa shape index (κ2) is 5.52. The molecule has 0 atom stereocenters. The van der Waals surface area contributed by atoms with Gasteiger partial charge in [-0.3, -0.25) is 29.0 Å². The fraction of sp³-hybridized carbons (Fsp3) is 0.158. The Morgan fingerprint density at radius 2 is 1.19 bits per heavy atom. The van der Waals surface area contributed by atoms with Gasteiger partial charge < -0.3 is 4.74 Å². The van der Waals surface area contributed by atoms with Crippen molar-refractivity contribution in [3.05, 3.63) is 58.7 Å². The Kier molecular flexibility index (Phi) is 3.40. The minimum absolute atomic E-state index is 0.277. The summed E-state index contributed by atoms with van der Waals surface area (Å²) < 4.78 is 5.74. The Morgan fingerprint density at radius 1 is 0.731 bits per heavy atom. The van der Waals surface area contributed by atoms with Crippen LogP contribution in [0.1, 0.15) is 48.4 Å². The number of carbonyl (C=O) groups is 4. The maximum Gasteiger partial charge on any atom is 0.261 e. The van der Waals surface area contributed by atoms with Gasteiger partial charge in [0.25, 0.3) is 23.6 Å². The quantitative estimate of drug-likeness (QED) is 0.793. The summed E-state index contributed by atoms with van der Waals surface area (Å²) in [5.74, 6) is -0.670. The van der Waals surface area contributed by atoms with Gasteiger partial charge in [-0.2, -0.15) is 0 Å². The number of benzene rings is 2. The molecule has 2 aromatic carbocycles. The van der Waals surface area contributed by atoms with Crippen LogP contribution in [0.3, 0.4) is 0 Å². The van der Waals surface area contributed by atoms with E-state index in [1.54, 1.807) is 25.1 Å². The number of amides is 4. The van der Waals surface area contributed by atoms with E-state index in [0.29, 0.717) is 34.7 Å². The third kappa shape index (κ3) is 2.13. The Labute approximate surface area is 148 Å². The van der Waals surface area contributed by atoms with Crippen LogP contribution in [0.4, 0.5) is 0 Å². The molecule has 0 bridgehead atoms. The lowest BCUT2D eigenvalue weighted by Crippen LogP contribution is -2.29. The molecule has 0 saturated carbocycles. The first kappa shape index (κ1) is 16.0. The van der Waals surface area contributed by atoms with Crippen molar-refractivity contribution in [3.8, 4) is 11.5 Å². The van der Waals surface area contributed by atoms with Gasteiger partial charge in [0.2, 0.25) is 0 Å². The van der Waals surface area contributed by atoms with Crippen LogP contribution in [0.2, 0.25) is 0 Å². The van der Waals surface area contributed by atoms with E-state index in [0.717, 1.165) is 4.90 Å². The number of rotatable bonds is 3. The normalized spacial score (nSPS) is 15.6. The first-order valence-electron chi connectivity index (χ1n) is 8.07. The van der Waals surface area contributed by atoms with Crippen molar-refractivity contribution in [2.24, 2.45) is 0 Å². The zero-order valence-electron chi connectivity index (χ0n) is 14.1. The smallest absolute Gasteiger partial charge is 0.261 e. The monoisotopic (exact) mass is 350 g/mol. The maximum atomic E-state index is 12.3. The van der Waals surface area contributed by atoms with Gasteiger partial charge >= 0.3 is 0 Å². The number of fused-ring (bicyclic) bond motifs is 2. The second-order valence-corrected chi connectivity index (χ2v) is 6.04. The minimum atomic E-state index is -0.385. The molecule has 0 spiro atoms. The Hall–Kier alpha value is -3.48. The summed E-state index contributed by atoms with van der Waals surface area (Å²) in [5.41, 5.74) is 1.25. The van der Waals surface area contributed by atoms with E-state index >= 15 is 0 Å². The molecule has 0 saturated heterocycles. The lowest BCUT2D eigenvalue weighted by Gasteiger charge is -2.09. The second-order valence-electron chi connectivity index (χ2n) is 6.04. The van der Waals surface area contributed by atoms with Crippen molar-refractivity contribution in [2.75, 3.05) is 13.6 Å². The zero-order chi connectivity index (χ0) is 18.6. The molecule has 7 nitrogen and oxygen atoms in total. The summed E-state index contributed by atoms with van der Waals surface area (Å²) in [7, 11) is 1.42. The number of imide groups is 2. The summed E-state index contributed by atoms with van der Waals surface area (Å²) >= 11 is 0. The third-order valence-corrected chi connectivity index (χ3v) is 4.56. The van der Waals surface area contributed by atoms with E-state index in [4.69, 9.17) is 4.74 Å². The Bertz CT molecular complexity index is 1010. The first-order chi connectivity index (χ1) is 12.4. The van der Waals surface area contributed by atoms with Gasteiger partial charge in [-0.15, -0.1) is 0 Å². The number of hydrogen-bond donors (Lipinski definition) is 0. The largest absolute Gasteiger partial charge is 0.457 e. The van der Waals surface area contributed by atoms with Crippen molar-refractivity contribution < 1.29 is 23.9 Å². The standard InChI is InChI=1S/C19H14N2O5/c1-3-21-18(24)13-7-5-11(9-15(13)19(21)25)26-10-4-6-12-14(8-10)17(23)20(2)16(12)22/h4-9H,3H2,1-2H3. The molecule has 0 unspecified atom stereocenters. The molecule has 0 radical (unpaired) electrons. The SMILES string of the molecule is CCN1C(=O)c2ccc(Oc3ccc4c(c3)C(=O)N(C)C4=O)cc2C1=O. The molecule has 0 fully saturated rings. The molecule has 4 rings (SSSR count). The first-order valence-corrected chi connectivity index (χ1v) is 8.07. The molecule has 0 aliphatic carbocycles. The van der Waals surface area contributed by atoms with Crippen LogP contribution in [0.25, 0.3) is 0 Å². The van der Waals surface area contributed by atoms with Gasteiger partial charge in [0, 0.05) is 13.6 Å². The van der Waals surface area contributed by atoms with Crippen molar-refractivity contribution in [3.63, 3.8) is 0 Å². The predicted molar refractivity (Wildman–Crippen MR) is 90.4 cm³/mol. The lowest BCUT2D eigenvalue weighted by molar-refractivity contribution is 0.0656. The highest BCUT2D eigenvalue weighted by Gasteiger charge is 2.35. The maximum absolute atomic E-state index is 12.3. The molecule has 130 valence electrons. The van der Waals surface area contributed by atoms with Crippen molar-refractivity contribution in [1.82, 2.24) is 9.80 Å². The number of carbonyl (C=O) groups excluding carboxylic acids is 4. The van der Waals surface area contributed by atoms with E-state index < -0.39 is 0 Å². The molecule has 7 heteroatoms. The van der Waals surface area contributed by atoms with E-state index in [-0.39, 0.29) is 29.2 Å². The van der Waals surface area contributed by atoms with Gasteiger partial charge in [0.1, 0.15) is 11.5 Å². The molecule has 0 N–H and O–H groups in total. The van der Waals surface area contributed by atoms with Gasteiger partial charge in [-0.05, 0) is 43.3 Å². The molecule has 2 aromatic rings. The van der Waals surface area contributed by atoms with Crippen molar-refractivity contribution >= 4 is 23.6 Å². The van der Waals surface area contributed by atoms with Crippen LogP contribution in [-0.4, -0.2) is 47.0 Å². The summed E-state index contributed by atoms with van der Waals surface area (Å²) in [4.78, 5) is 50.6. The zero-order valence-corrected chi connectivity index (χ0v) is 14.1. The van der Waals surface area contributed by atoms with Crippen LogP contribution in [0, 0.1) is 0 Å². The molecular weight excluding hydrogens is 336 g/mol. The summed E-state index contributed by atoms with van der Waals surface area (Å²) in [5, 5.41) is 0. The Balaban J connectivity index is 1.66. The highest BCUT2D eigenvalue weighted by atomic mass is 16.5. The van der Waals surface area contributed by atoms with Crippen LogP contribution in [-0.2, 0) is 0 Å². The van der Waals surface area contributed by atoms with Gasteiger partial charge in [0.15, 0.2) is 0 Å². The summed E-state index contributed by atoms with van der Waals surface area (Å²) in [6.07, 6.45) is 0. The van der Waals surface area contributed by atoms with Gasteiger partial charge in [-0.1, -0.05) is 0 Å².